The molecule has 0 aliphatic rings. The van der Waals surface area contributed by atoms with E-state index in [9.17, 15) is 0 Å². The van der Waals surface area contributed by atoms with Crippen molar-refractivity contribution in [2.75, 3.05) is 11.5 Å². The summed E-state index contributed by atoms with van der Waals surface area (Å²) in [5.74, 6) is 1.73. The van der Waals surface area contributed by atoms with E-state index >= 15 is 0 Å². The summed E-state index contributed by atoms with van der Waals surface area (Å²) < 4.78 is 0. The normalized spacial score (nSPS) is 16.8. The summed E-state index contributed by atoms with van der Waals surface area (Å²) in [6.07, 6.45) is 2.20. The lowest BCUT2D eigenvalue weighted by atomic mass is 10.2. The molecule has 10 heavy (non-hydrogen) atoms. The van der Waals surface area contributed by atoms with Gasteiger partial charge in [0.1, 0.15) is 0 Å². The van der Waals surface area contributed by atoms with Crippen LogP contribution in [-0.2, 0) is 0 Å². The van der Waals surface area contributed by atoms with Gasteiger partial charge in [-0.2, -0.15) is 50.5 Å². The van der Waals surface area contributed by atoms with Crippen LogP contribution < -0.4 is 0 Å². The molecule has 0 rings (SSSR count). The van der Waals surface area contributed by atoms with Gasteiger partial charge in [0, 0.05) is 16.3 Å². The Morgan fingerprint density at radius 1 is 1.00 bits per heavy atom. The topological polar surface area (TPSA) is 0 Å². The van der Waals surface area contributed by atoms with Crippen molar-refractivity contribution in [3.63, 3.8) is 0 Å². The fourth-order valence-electron chi connectivity index (χ4n) is 0.614. The first kappa shape index (κ1) is 11.4. The van der Waals surface area contributed by atoms with Crippen LogP contribution in [0.5, 0.6) is 0 Å². The zero-order valence-corrected chi connectivity index (χ0v) is 9.35. The van der Waals surface area contributed by atoms with E-state index in [0.29, 0.717) is 10.5 Å². The highest BCUT2D eigenvalue weighted by atomic mass is 32.1. The lowest BCUT2D eigenvalue weighted by Gasteiger charge is -2.14. The van der Waals surface area contributed by atoms with Crippen LogP contribution in [-0.4, -0.2) is 22.0 Å². The second-order valence-electron chi connectivity index (χ2n) is 2.18. The highest BCUT2D eigenvalue weighted by Crippen LogP contribution is 2.15. The predicted molar refractivity (Wildman–Crippen MR) is 62.5 cm³/mol. The number of thiol groups is 4. The average Bonchev–Trinajstić information content (AvgIpc) is 1.98. The molecule has 0 nitrogen and oxygen atoms in total. The van der Waals surface area contributed by atoms with Crippen LogP contribution in [0.15, 0.2) is 0 Å². The second kappa shape index (κ2) is 7.07. The Hall–Kier alpha value is 1.40. The Labute approximate surface area is 85.2 Å². The summed E-state index contributed by atoms with van der Waals surface area (Å²) in [6, 6.07) is 0. The molecule has 0 aliphatic heterocycles. The molecule has 0 spiro atoms. The van der Waals surface area contributed by atoms with Crippen LogP contribution in [0.25, 0.3) is 0 Å². The monoisotopic (exact) mass is 214 g/mol. The zero-order valence-electron chi connectivity index (χ0n) is 5.77. The SMILES string of the molecule is SCCCC(S)C(S)CS. The standard InChI is InChI=1S/C6H14S4/c7-3-1-2-5(9)6(10)4-8/h5-10H,1-4H2. The molecule has 0 saturated heterocycles. The fraction of sp³-hybridized carbons (Fsp3) is 1.00. The summed E-state index contributed by atoms with van der Waals surface area (Å²) in [4.78, 5) is 0. The summed E-state index contributed by atoms with van der Waals surface area (Å²) in [5.41, 5.74) is 0. The molecule has 0 fully saturated rings. The highest BCUT2D eigenvalue weighted by molar-refractivity contribution is 7.87. The van der Waals surface area contributed by atoms with Crippen molar-refractivity contribution in [2.45, 2.75) is 23.3 Å². The van der Waals surface area contributed by atoms with Crippen LogP contribution >= 0.6 is 50.5 Å². The zero-order chi connectivity index (χ0) is 7.98. The molecule has 0 aromatic rings. The maximum atomic E-state index is 4.38. The van der Waals surface area contributed by atoms with E-state index in [0.717, 1.165) is 24.3 Å². The summed E-state index contributed by atoms with van der Waals surface area (Å²) >= 11 is 16.9. The van der Waals surface area contributed by atoms with E-state index < -0.39 is 0 Å². The van der Waals surface area contributed by atoms with Gasteiger partial charge in [-0.25, -0.2) is 0 Å². The van der Waals surface area contributed by atoms with E-state index in [4.69, 9.17) is 0 Å². The van der Waals surface area contributed by atoms with Crippen molar-refractivity contribution >= 4 is 50.5 Å². The van der Waals surface area contributed by atoms with Crippen LogP contribution in [0.4, 0.5) is 0 Å². The van der Waals surface area contributed by atoms with Crippen molar-refractivity contribution in [2.24, 2.45) is 0 Å². The first-order chi connectivity index (χ1) is 4.72. The lowest BCUT2D eigenvalue weighted by molar-refractivity contribution is 0.748. The molecule has 4 heteroatoms. The first-order valence-corrected chi connectivity index (χ1v) is 5.60. The number of hydrogen-bond acceptors (Lipinski definition) is 4. The van der Waals surface area contributed by atoms with E-state index in [2.05, 4.69) is 50.5 Å². The third-order valence-electron chi connectivity index (χ3n) is 1.29. The molecule has 0 aromatic heterocycles. The van der Waals surface area contributed by atoms with Gasteiger partial charge in [-0.15, -0.1) is 0 Å². The Morgan fingerprint density at radius 2 is 1.60 bits per heavy atom. The molecule has 0 saturated carbocycles. The third kappa shape index (κ3) is 5.10. The Morgan fingerprint density at radius 3 is 2.00 bits per heavy atom. The summed E-state index contributed by atoms with van der Waals surface area (Å²) in [6.45, 7) is 0. The van der Waals surface area contributed by atoms with E-state index in [1.54, 1.807) is 0 Å². The Balaban J connectivity index is 3.31. The molecular formula is C6H14S4. The quantitative estimate of drug-likeness (QED) is 0.496. The van der Waals surface area contributed by atoms with Gasteiger partial charge in [-0.1, -0.05) is 0 Å². The molecule has 62 valence electrons. The minimum Gasteiger partial charge on any atom is -0.179 e. The van der Waals surface area contributed by atoms with Crippen molar-refractivity contribution in [3.8, 4) is 0 Å². The summed E-state index contributed by atoms with van der Waals surface area (Å²) in [5, 5.41) is 0.680. The maximum absolute atomic E-state index is 4.38. The first-order valence-electron chi connectivity index (χ1n) is 3.30. The van der Waals surface area contributed by atoms with Gasteiger partial charge in [0.25, 0.3) is 0 Å². The van der Waals surface area contributed by atoms with Crippen molar-refractivity contribution < 1.29 is 0 Å². The van der Waals surface area contributed by atoms with Crippen LogP contribution in [0.3, 0.4) is 0 Å². The van der Waals surface area contributed by atoms with Gasteiger partial charge in [0.05, 0.1) is 0 Å². The average molecular weight is 214 g/mol. The largest absolute Gasteiger partial charge is 0.179 e. The Bertz CT molecular complexity index is 76.1. The molecule has 0 N–H and O–H groups in total. The van der Waals surface area contributed by atoms with Crippen molar-refractivity contribution in [1.29, 1.82) is 0 Å². The van der Waals surface area contributed by atoms with Gasteiger partial charge >= 0.3 is 0 Å². The minimum absolute atomic E-state index is 0.312. The van der Waals surface area contributed by atoms with Gasteiger partial charge in [0.15, 0.2) is 0 Å². The molecule has 2 unspecified atom stereocenters. The van der Waals surface area contributed by atoms with Crippen molar-refractivity contribution in [1.82, 2.24) is 0 Å². The van der Waals surface area contributed by atoms with E-state index in [-0.39, 0.29) is 0 Å². The lowest BCUT2D eigenvalue weighted by Crippen LogP contribution is -2.16. The van der Waals surface area contributed by atoms with Crippen LogP contribution in [0.2, 0.25) is 0 Å². The maximum Gasteiger partial charge on any atom is 0.0221 e. The second-order valence-corrected chi connectivity index (χ2v) is 4.32. The number of hydrogen-bond donors (Lipinski definition) is 4. The number of rotatable bonds is 5. The molecule has 0 heterocycles. The fourth-order valence-corrected chi connectivity index (χ4v) is 1.65. The molecule has 2 atom stereocenters. The summed E-state index contributed by atoms with van der Waals surface area (Å²) in [7, 11) is 0. The minimum atomic E-state index is 0.312. The smallest absolute Gasteiger partial charge is 0.0221 e. The third-order valence-corrected chi connectivity index (χ3v) is 3.68. The molecule has 0 bridgehead atoms. The molecule has 0 radical (unpaired) electrons. The Kier molecular flexibility index (Phi) is 8.06. The van der Waals surface area contributed by atoms with E-state index in [1.165, 1.54) is 0 Å². The molecular weight excluding hydrogens is 200 g/mol. The van der Waals surface area contributed by atoms with E-state index in [1.807, 2.05) is 0 Å². The molecule has 0 amide bonds. The van der Waals surface area contributed by atoms with Crippen LogP contribution in [0, 0.1) is 0 Å². The van der Waals surface area contributed by atoms with Gasteiger partial charge in [0.2, 0.25) is 0 Å². The predicted octanol–water partition coefficient (Wildman–Crippen LogP) is 2.22. The van der Waals surface area contributed by atoms with Crippen molar-refractivity contribution in [3.05, 3.63) is 0 Å². The molecule has 0 aromatic carbocycles. The van der Waals surface area contributed by atoms with Gasteiger partial charge < -0.3 is 0 Å². The molecule has 0 aliphatic carbocycles. The van der Waals surface area contributed by atoms with Gasteiger partial charge in [-0.3, -0.25) is 0 Å². The highest BCUT2D eigenvalue weighted by Gasteiger charge is 2.10. The van der Waals surface area contributed by atoms with Gasteiger partial charge in [-0.05, 0) is 18.6 Å². The van der Waals surface area contributed by atoms with Crippen LogP contribution in [0.1, 0.15) is 12.8 Å².